The molecule has 1 aliphatic carbocycles. The largest absolute Gasteiger partial charge is 0.387 e. The van der Waals surface area contributed by atoms with E-state index < -0.39 is 18.2 Å². The molecule has 1 aromatic carbocycles. The Balaban J connectivity index is 2.05. The van der Waals surface area contributed by atoms with Crippen LogP contribution < -0.4 is 16.0 Å². The van der Waals surface area contributed by atoms with E-state index in [1.807, 2.05) is 30.3 Å². The zero-order valence-corrected chi connectivity index (χ0v) is 17.4. The number of amides is 3. The summed E-state index contributed by atoms with van der Waals surface area (Å²) >= 11 is 0. The molecule has 0 aromatic heterocycles. The lowest BCUT2D eigenvalue weighted by molar-refractivity contribution is -0.133. The van der Waals surface area contributed by atoms with Crippen LogP contribution in [0.5, 0.6) is 0 Å². The highest BCUT2D eigenvalue weighted by atomic mass is 16.3. The first-order chi connectivity index (χ1) is 14.4. The molecule has 0 bridgehead atoms. The fraction of sp³-hybridized carbons (Fsp3) is 0.545. The molecule has 5 N–H and O–H groups in total. The Labute approximate surface area is 177 Å². The van der Waals surface area contributed by atoms with Crippen LogP contribution in [0.2, 0.25) is 0 Å². The molecule has 2 rings (SSSR count). The van der Waals surface area contributed by atoms with Gasteiger partial charge in [0.05, 0.1) is 6.10 Å². The second kappa shape index (κ2) is 12.1. The van der Waals surface area contributed by atoms with Crippen LogP contribution in [0.25, 0.3) is 0 Å². The topological polar surface area (TPSA) is 131 Å². The van der Waals surface area contributed by atoms with Crippen molar-refractivity contribution in [1.29, 1.82) is 5.41 Å². The fourth-order valence-electron chi connectivity index (χ4n) is 3.77. The third-order valence-electron chi connectivity index (χ3n) is 5.40. The molecule has 8 nitrogen and oxygen atoms in total. The molecule has 1 saturated carbocycles. The molecule has 0 saturated heterocycles. The Hall–Kier alpha value is -2.74. The molecule has 3 atom stereocenters. The van der Waals surface area contributed by atoms with Crippen molar-refractivity contribution >= 4 is 23.9 Å². The lowest BCUT2D eigenvalue weighted by Gasteiger charge is -2.26. The van der Waals surface area contributed by atoms with E-state index in [1.165, 1.54) is 6.92 Å². The van der Waals surface area contributed by atoms with Crippen LogP contribution in [-0.2, 0) is 20.9 Å². The van der Waals surface area contributed by atoms with E-state index in [1.54, 1.807) is 0 Å². The van der Waals surface area contributed by atoms with Gasteiger partial charge in [0, 0.05) is 19.7 Å². The van der Waals surface area contributed by atoms with Crippen LogP contribution in [0.15, 0.2) is 30.3 Å². The van der Waals surface area contributed by atoms with Crippen molar-refractivity contribution in [3.63, 3.8) is 0 Å². The molecular weight excluding hydrogens is 384 g/mol. The zero-order chi connectivity index (χ0) is 21.9. The van der Waals surface area contributed by atoms with Crippen molar-refractivity contribution in [1.82, 2.24) is 16.0 Å². The number of nitrogens with one attached hydrogen (secondary N) is 4. The molecule has 1 fully saturated rings. The lowest BCUT2D eigenvalue weighted by atomic mass is 9.96. The van der Waals surface area contributed by atoms with Crippen molar-refractivity contribution in [3.05, 3.63) is 35.9 Å². The van der Waals surface area contributed by atoms with E-state index in [9.17, 15) is 19.5 Å². The van der Waals surface area contributed by atoms with Gasteiger partial charge in [-0.1, -0.05) is 43.2 Å². The van der Waals surface area contributed by atoms with Gasteiger partial charge in [0.2, 0.25) is 17.7 Å². The summed E-state index contributed by atoms with van der Waals surface area (Å²) in [4.78, 5) is 37.3. The molecule has 1 unspecified atom stereocenters. The third kappa shape index (κ3) is 7.59. The summed E-state index contributed by atoms with van der Waals surface area (Å²) in [6.45, 7) is 1.69. The molecule has 0 heterocycles. The number of carbonyl (C=O) groups excluding carboxylic acids is 3. The second-order valence-electron chi connectivity index (χ2n) is 7.80. The Morgan fingerprint density at radius 3 is 2.37 bits per heavy atom. The van der Waals surface area contributed by atoms with Crippen LogP contribution in [-0.4, -0.2) is 47.2 Å². The average molecular weight is 417 g/mol. The number of hydrogen-bond donors (Lipinski definition) is 5. The predicted molar refractivity (Wildman–Crippen MR) is 114 cm³/mol. The summed E-state index contributed by atoms with van der Waals surface area (Å²) in [5.74, 6) is -0.987. The van der Waals surface area contributed by atoms with E-state index >= 15 is 0 Å². The monoisotopic (exact) mass is 416 g/mol. The van der Waals surface area contributed by atoms with Crippen molar-refractivity contribution < 1.29 is 19.5 Å². The number of benzene rings is 1. The molecule has 1 aromatic rings. The van der Waals surface area contributed by atoms with E-state index in [-0.39, 0.29) is 36.5 Å². The van der Waals surface area contributed by atoms with Gasteiger partial charge in [-0.05, 0) is 37.2 Å². The summed E-state index contributed by atoms with van der Waals surface area (Å²) in [5.41, 5.74) is 0.928. The van der Waals surface area contributed by atoms with Gasteiger partial charge in [0.25, 0.3) is 0 Å². The summed E-state index contributed by atoms with van der Waals surface area (Å²) in [6.07, 6.45) is 4.01. The number of carbonyl (C=O) groups is 3. The second-order valence-corrected chi connectivity index (χ2v) is 7.80. The first-order valence-corrected chi connectivity index (χ1v) is 10.5. The Morgan fingerprint density at radius 1 is 1.10 bits per heavy atom. The first kappa shape index (κ1) is 23.5. The van der Waals surface area contributed by atoms with Crippen molar-refractivity contribution in [3.8, 4) is 0 Å². The molecular formula is C22H32N4O4. The number of aliphatic hydroxyl groups is 1. The van der Waals surface area contributed by atoms with Crippen LogP contribution in [0.4, 0.5) is 0 Å². The summed E-state index contributed by atoms with van der Waals surface area (Å²) in [5, 5.41) is 25.1. The molecule has 164 valence electrons. The lowest BCUT2D eigenvalue weighted by Crippen LogP contribution is -2.55. The predicted octanol–water partition coefficient (Wildman–Crippen LogP) is 1.27. The van der Waals surface area contributed by atoms with Crippen LogP contribution >= 0.6 is 0 Å². The van der Waals surface area contributed by atoms with Gasteiger partial charge in [-0.3, -0.25) is 14.4 Å². The maximum atomic E-state index is 13.0. The van der Waals surface area contributed by atoms with E-state index in [0.29, 0.717) is 6.54 Å². The Kier molecular flexibility index (Phi) is 9.47. The minimum Gasteiger partial charge on any atom is -0.387 e. The summed E-state index contributed by atoms with van der Waals surface area (Å²) in [7, 11) is 0. The third-order valence-corrected chi connectivity index (χ3v) is 5.40. The summed E-state index contributed by atoms with van der Waals surface area (Å²) < 4.78 is 0. The van der Waals surface area contributed by atoms with Crippen LogP contribution in [0, 0.1) is 11.3 Å². The van der Waals surface area contributed by atoms with Gasteiger partial charge in [0.1, 0.15) is 12.1 Å². The van der Waals surface area contributed by atoms with E-state index in [2.05, 4.69) is 16.0 Å². The summed E-state index contributed by atoms with van der Waals surface area (Å²) in [6, 6.07) is 7.87. The van der Waals surface area contributed by atoms with Gasteiger partial charge >= 0.3 is 0 Å². The number of aliphatic hydroxyl groups excluding tert-OH is 1. The quantitative estimate of drug-likeness (QED) is 0.348. The molecule has 0 radical (unpaired) electrons. The highest BCUT2D eigenvalue weighted by molar-refractivity contribution is 5.92. The molecule has 3 amide bonds. The molecule has 0 aliphatic heterocycles. The van der Waals surface area contributed by atoms with Gasteiger partial charge in [-0.15, -0.1) is 0 Å². The minimum absolute atomic E-state index is 0.0501. The molecule has 30 heavy (non-hydrogen) atoms. The molecule has 1 aliphatic rings. The highest BCUT2D eigenvalue weighted by Gasteiger charge is 2.33. The van der Waals surface area contributed by atoms with E-state index in [0.717, 1.165) is 37.5 Å². The smallest absolute Gasteiger partial charge is 0.243 e. The van der Waals surface area contributed by atoms with Gasteiger partial charge < -0.3 is 26.5 Å². The fourth-order valence-corrected chi connectivity index (χ4v) is 3.77. The van der Waals surface area contributed by atoms with Gasteiger partial charge in [-0.2, -0.15) is 0 Å². The average Bonchev–Trinajstić information content (AvgIpc) is 3.27. The van der Waals surface area contributed by atoms with Crippen molar-refractivity contribution in [2.24, 2.45) is 5.92 Å². The van der Waals surface area contributed by atoms with Gasteiger partial charge in [0.15, 0.2) is 0 Å². The van der Waals surface area contributed by atoms with Crippen LogP contribution in [0.3, 0.4) is 0 Å². The SMILES string of the molecule is CC(=O)N[C@H](C(=O)N[C@@H](CCC(O)C=N)C(=O)NCc1ccccc1)C1CCCC1. The van der Waals surface area contributed by atoms with Gasteiger partial charge in [-0.25, -0.2) is 0 Å². The minimum atomic E-state index is -0.979. The highest BCUT2D eigenvalue weighted by Crippen LogP contribution is 2.28. The number of hydrogen-bond acceptors (Lipinski definition) is 5. The number of rotatable bonds is 11. The Bertz CT molecular complexity index is 719. The van der Waals surface area contributed by atoms with Crippen molar-refractivity contribution in [2.75, 3.05) is 0 Å². The Morgan fingerprint density at radius 2 is 1.77 bits per heavy atom. The normalized spacial score (nSPS) is 16.9. The standard InChI is InChI=1S/C22H32N4O4/c1-15(27)25-20(17-9-5-6-10-17)22(30)26-19(12-11-18(28)13-23)21(29)24-14-16-7-3-2-4-8-16/h2-4,7-8,13,17-20,23,28H,5-6,9-12,14H2,1H3,(H,24,29)(H,25,27)(H,26,30)/t18?,19-,20-/m0/s1. The van der Waals surface area contributed by atoms with Crippen LogP contribution in [0.1, 0.15) is 51.0 Å². The maximum Gasteiger partial charge on any atom is 0.243 e. The van der Waals surface area contributed by atoms with E-state index in [4.69, 9.17) is 5.41 Å². The maximum absolute atomic E-state index is 13.0. The zero-order valence-electron chi connectivity index (χ0n) is 17.4. The first-order valence-electron chi connectivity index (χ1n) is 10.5. The molecule has 8 heteroatoms. The van der Waals surface area contributed by atoms with Crippen molar-refractivity contribution in [2.45, 2.75) is 70.2 Å². The molecule has 0 spiro atoms.